The van der Waals surface area contributed by atoms with Crippen molar-refractivity contribution < 1.29 is 14.3 Å². The quantitative estimate of drug-likeness (QED) is 0.422. The first kappa shape index (κ1) is 21.4. The molecule has 0 aliphatic carbocycles. The fraction of sp³-hybridized carbons (Fsp3) is 0.364. The van der Waals surface area contributed by atoms with Gasteiger partial charge in [0.05, 0.1) is 27.2 Å². The second-order valence-corrected chi connectivity index (χ2v) is 9.56. The number of rotatable bonds is 5. The summed E-state index contributed by atoms with van der Waals surface area (Å²) in [5, 5.41) is 2.72. The summed E-state index contributed by atoms with van der Waals surface area (Å²) < 4.78 is 9.24. The highest BCUT2D eigenvalue weighted by Crippen LogP contribution is 2.35. The molecule has 0 N–H and O–H groups in total. The Labute approximate surface area is 192 Å². The van der Waals surface area contributed by atoms with Crippen molar-refractivity contribution in [3.8, 4) is 0 Å². The van der Waals surface area contributed by atoms with Crippen LogP contribution in [-0.2, 0) is 16.1 Å². The maximum atomic E-state index is 13.4. The second-order valence-electron chi connectivity index (χ2n) is 7.36. The monoisotopic (exact) mass is 508 g/mol. The molecule has 0 atom stereocenters. The number of ether oxygens (including phenoxy) is 1. The van der Waals surface area contributed by atoms with E-state index in [1.807, 2.05) is 47.5 Å². The second kappa shape index (κ2) is 9.12. The molecule has 1 amide bonds. The third kappa shape index (κ3) is 4.29. The Balaban J connectivity index is 1.59. The highest BCUT2D eigenvalue weighted by Gasteiger charge is 2.30. The fourth-order valence-corrected chi connectivity index (χ4v) is 5.84. The molecule has 0 saturated carbocycles. The lowest BCUT2D eigenvalue weighted by atomic mass is 9.97. The standard InChI is InChI=1S/C22H22BrClN2O3S/c1-2-29-22(28)15-6-8-25(9-7-15)21(27)18-11-19-20(17(23)13-30-19)26(18)12-14-4-3-5-16(24)10-14/h3-5,10-11,13,15H,2,6-9,12H2,1H3. The highest BCUT2D eigenvalue weighted by atomic mass is 79.9. The number of likely N-dealkylation sites (tertiary alicyclic amines) is 1. The lowest BCUT2D eigenvalue weighted by Gasteiger charge is -2.31. The number of amides is 1. The number of nitrogens with zero attached hydrogens (tertiary/aromatic N) is 2. The normalized spacial score (nSPS) is 15.0. The molecule has 5 nitrogen and oxygen atoms in total. The van der Waals surface area contributed by atoms with Crippen molar-refractivity contribution >= 4 is 61.0 Å². The van der Waals surface area contributed by atoms with Gasteiger partial charge in [0.25, 0.3) is 5.91 Å². The summed E-state index contributed by atoms with van der Waals surface area (Å²) in [4.78, 5) is 27.3. The van der Waals surface area contributed by atoms with Gasteiger partial charge in [0.2, 0.25) is 0 Å². The fourth-order valence-electron chi connectivity index (χ4n) is 3.93. The van der Waals surface area contributed by atoms with Gasteiger partial charge in [-0.3, -0.25) is 9.59 Å². The number of carbonyl (C=O) groups is 2. The van der Waals surface area contributed by atoms with Gasteiger partial charge in [-0.25, -0.2) is 0 Å². The summed E-state index contributed by atoms with van der Waals surface area (Å²) in [5.41, 5.74) is 2.71. The first-order chi connectivity index (χ1) is 14.5. The van der Waals surface area contributed by atoms with Crippen molar-refractivity contribution in [2.24, 2.45) is 5.92 Å². The number of carbonyl (C=O) groups excluding carboxylic acids is 2. The lowest BCUT2D eigenvalue weighted by molar-refractivity contribution is -0.149. The van der Waals surface area contributed by atoms with E-state index in [4.69, 9.17) is 16.3 Å². The number of piperidine rings is 1. The molecule has 1 saturated heterocycles. The molecule has 0 radical (unpaired) electrons. The van der Waals surface area contributed by atoms with Gasteiger partial charge >= 0.3 is 5.97 Å². The topological polar surface area (TPSA) is 51.5 Å². The molecule has 3 aromatic rings. The van der Waals surface area contributed by atoms with Gasteiger partial charge < -0.3 is 14.2 Å². The van der Waals surface area contributed by atoms with E-state index in [1.54, 1.807) is 11.3 Å². The zero-order chi connectivity index (χ0) is 21.3. The van der Waals surface area contributed by atoms with Crippen molar-refractivity contribution in [1.29, 1.82) is 0 Å². The Bertz CT molecular complexity index is 1090. The van der Waals surface area contributed by atoms with Crippen LogP contribution in [0.2, 0.25) is 5.02 Å². The number of hydrogen-bond acceptors (Lipinski definition) is 4. The van der Waals surface area contributed by atoms with Gasteiger partial charge in [-0.2, -0.15) is 0 Å². The molecule has 8 heteroatoms. The number of hydrogen-bond donors (Lipinski definition) is 0. The van der Waals surface area contributed by atoms with E-state index in [0.717, 1.165) is 20.3 Å². The summed E-state index contributed by atoms with van der Waals surface area (Å²) in [7, 11) is 0. The number of benzene rings is 1. The number of thiophene rings is 1. The largest absolute Gasteiger partial charge is 0.466 e. The van der Waals surface area contributed by atoms with Gasteiger partial charge in [0, 0.05) is 30.0 Å². The van der Waals surface area contributed by atoms with E-state index in [-0.39, 0.29) is 17.8 Å². The number of fused-ring (bicyclic) bond motifs is 1. The third-order valence-electron chi connectivity index (χ3n) is 5.43. The molecule has 4 rings (SSSR count). The van der Waals surface area contributed by atoms with Crippen molar-refractivity contribution in [3.05, 3.63) is 56.5 Å². The summed E-state index contributed by atoms with van der Waals surface area (Å²) in [6.07, 6.45) is 1.27. The third-order valence-corrected chi connectivity index (χ3v) is 7.49. The summed E-state index contributed by atoms with van der Waals surface area (Å²) >= 11 is 11.4. The van der Waals surface area contributed by atoms with Crippen LogP contribution in [0.4, 0.5) is 0 Å². The smallest absolute Gasteiger partial charge is 0.309 e. The van der Waals surface area contributed by atoms with Crippen molar-refractivity contribution in [3.63, 3.8) is 0 Å². The number of aromatic nitrogens is 1. The minimum absolute atomic E-state index is 0.00497. The van der Waals surface area contributed by atoms with Crippen LogP contribution in [0.25, 0.3) is 10.2 Å². The van der Waals surface area contributed by atoms with E-state index in [9.17, 15) is 9.59 Å². The predicted octanol–water partition coefficient (Wildman–Crippen LogP) is 5.58. The Hall–Kier alpha value is -1.83. The Kier molecular flexibility index (Phi) is 6.51. The Morgan fingerprint density at radius 2 is 2.03 bits per heavy atom. The zero-order valence-electron chi connectivity index (χ0n) is 16.6. The molecule has 1 aliphatic heterocycles. The minimum atomic E-state index is -0.154. The first-order valence-electron chi connectivity index (χ1n) is 9.94. The molecule has 1 aromatic carbocycles. The molecular weight excluding hydrogens is 488 g/mol. The summed E-state index contributed by atoms with van der Waals surface area (Å²) in [6.45, 7) is 3.87. The zero-order valence-corrected chi connectivity index (χ0v) is 19.7. The van der Waals surface area contributed by atoms with Crippen molar-refractivity contribution in [2.75, 3.05) is 19.7 Å². The maximum absolute atomic E-state index is 13.4. The molecule has 30 heavy (non-hydrogen) atoms. The molecular formula is C22H22BrClN2O3S. The van der Waals surface area contributed by atoms with Crippen molar-refractivity contribution in [2.45, 2.75) is 26.3 Å². The van der Waals surface area contributed by atoms with Crippen LogP contribution in [0.15, 0.2) is 40.2 Å². The highest BCUT2D eigenvalue weighted by molar-refractivity contribution is 9.10. The van der Waals surface area contributed by atoms with Gasteiger partial charge in [-0.1, -0.05) is 23.7 Å². The minimum Gasteiger partial charge on any atom is -0.466 e. The van der Waals surface area contributed by atoms with Crippen LogP contribution >= 0.6 is 38.9 Å². The van der Waals surface area contributed by atoms with Crippen LogP contribution in [0.1, 0.15) is 35.8 Å². The molecule has 3 heterocycles. The predicted molar refractivity (Wildman–Crippen MR) is 123 cm³/mol. The number of halogens is 2. The summed E-state index contributed by atoms with van der Waals surface area (Å²) in [5.74, 6) is -0.280. The SMILES string of the molecule is CCOC(=O)C1CCN(C(=O)c2cc3scc(Br)c3n2Cc2cccc(Cl)c2)CC1. The Morgan fingerprint density at radius 3 is 2.73 bits per heavy atom. The van der Waals surface area contributed by atoms with E-state index in [1.165, 1.54) is 0 Å². The van der Waals surface area contributed by atoms with E-state index >= 15 is 0 Å². The lowest BCUT2D eigenvalue weighted by Crippen LogP contribution is -2.41. The number of esters is 1. The van der Waals surface area contributed by atoms with Crippen LogP contribution in [0.5, 0.6) is 0 Å². The van der Waals surface area contributed by atoms with Crippen molar-refractivity contribution in [1.82, 2.24) is 9.47 Å². The van der Waals surface area contributed by atoms with Crippen LogP contribution < -0.4 is 0 Å². The summed E-state index contributed by atoms with van der Waals surface area (Å²) in [6, 6.07) is 9.66. The van der Waals surface area contributed by atoms with E-state index in [0.29, 0.717) is 49.8 Å². The van der Waals surface area contributed by atoms with Gasteiger partial charge in [0.15, 0.2) is 0 Å². The molecule has 1 aliphatic rings. The maximum Gasteiger partial charge on any atom is 0.309 e. The average Bonchev–Trinajstić information content (AvgIpc) is 3.28. The van der Waals surface area contributed by atoms with Gasteiger partial charge in [0.1, 0.15) is 5.69 Å². The molecule has 1 fully saturated rings. The average molecular weight is 510 g/mol. The van der Waals surface area contributed by atoms with Gasteiger partial charge in [-0.15, -0.1) is 11.3 Å². The van der Waals surface area contributed by atoms with Crippen LogP contribution in [0, 0.1) is 5.92 Å². The van der Waals surface area contributed by atoms with Crippen LogP contribution in [0.3, 0.4) is 0 Å². The van der Waals surface area contributed by atoms with E-state index < -0.39 is 0 Å². The Morgan fingerprint density at radius 1 is 1.27 bits per heavy atom. The van der Waals surface area contributed by atoms with E-state index in [2.05, 4.69) is 20.5 Å². The molecule has 158 valence electrons. The van der Waals surface area contributed by atoms with Crippen LogP contribution in [-0.4, -0.2) is 41.0 Å². The molecule has 2 aromatic heterocycles. The molecule has 0 unspecified atom stereocenters. The molecule has 0 bridgehead atoms. The van der Waals surface area contributed by atoms with Gasteiger partial charge in [-0.05, 0) is 59.5 Å². The first-order valence-corrected chi connectivity index (χ1v) is 12.0. The molecule has 0 spiro atoms.